The molecule has 2 atom stereocenters. The number of ether oxygens (including phenoxy) is 1. The van der Waals surface area contributed by atoms with E-state index in [-0.39, 0.29) is 29.3 Å². The summed E-state index contributed by atoms with van der Waals surface area (Å²) in [6.07, 6.45) is -1.02. The van der Waals surface area contributed by atoms with E-state index in [1.807, 2.05) is 36.4 Å². The molecule has 3 rings (SSSR count). The number of halogens is 3. The highest BCUT2D eigenvalue weighted by Gasteiger charge is 2.24. The average Bonchev–Trinajstić information content (AvgIpc) is 2.76. The monoisotopic (exact) mass is 442 g/mol. The van der Waals surface area contributed by atoms with Crippen molar-refractivity contribution in [2.45, 2.75) is 32.9 Å². The fourth-order valence-electron chi connectivity index (χ4n) is 3.67. The molecule has 2 unspecified atom stereocenters. The molecule has 1 N–H and O–H groups in total. The van der Waals surface area contributed by atoms with E-state index in [9.17, 15) is 18.0 Å². The Labute approximate surface area is 185 Å². The van der Waals surface area contributed by atoms with Gasteiger partial charge in [-0.05, 0) is 44.0 Å². The smallest absolute Gasteiger partial charge is 0.207 e. The van der Waals surface area contributed by atoms with Crippen molar-refractivity contribution < 1.29 is 22.7 Å². The Morgan fingerprint density at radius 1 is 1.12 bits per heavy atom. The van der Waals surface area contributed by atoms with E-state index in [0.717, 1.165) is 11.6 Å². The lowest BCUT2D eigenvalue weighted by Crippen LogP contribution is -2.22. The molecule has 0 saturated carbocycles. The summed E-state index contributed by atoms with van der Waals surface area (Å²) in [6.45, 7) is 5.35. The molecule has 0 aliphatic rings. The number of hydrogen-bond acceptors (Lipinski definition) is 3. The van der Waals surface area contributed by atoms with E-state index in [4.69, 9.17) is 4.74 Å². The average molecular weight is 442 g/mol. The molecule has 0 fully saturated rings. The molecule has 0 radical (unpaired) electrons. The van der Waals surface area contributed by atoms with Gasteiger partial charge < -0.3 is 10.1 Å². The molecule has 168 valence electrons. The Balaban J connectivity index is 2.24. The number of benzene rings is 2. The molecule has 0 aliphatic carbocycles. The lowest BCUT2D eigenvalue weighted by Gasteiger charge is -2.21. The fraction of sp³-hybridized carbons (Fsp3) is 0.280. The van der Waals surface area contributed by atoms with Gasteiger partial charge in [0.05, 0.1) is 12.3 Å². The van der Waals surface area contributed by atoms with Gasteiger partial charge in [0.2, 0.25) is 6.41 Å². The van der Waals surface area contributed by atoms with Gasteiger partial charge in [0.15, 0.2) is 0 Å². The zero-order valence-electron chi connectivity index (χ0n) is 18.2. The standard InChI is InChI=1S/C25H25F3N2O2/c1-4-32-25-15(2)10-23(20(13-29-14-31)17-8-6-5-7-9-17)30-24(25)19-11-18(16(3)26)21(27)12-22(19)28/h5-12,14,16,20H,4,13H2,1-3H3,(H,29,31). The van der Waals surface area contributed by atoms with Crippen molar-refractivity contribution in [3.8, 4) is 17.0 Å². The first-order valence-corrected chi connectivity index (χ1v) is 10.4. The second-order valence-electron chi connectivity index (χ2n) is 7.43. The first-order valence-electron chi connectivity index (χ1n) is 10.4. The highest BCUT2D eigenvalue weighted by Crippen LogP contribution is 2.38. The number of rotatable bonds is 9. The van der Waals surface area contributed by atoms with Crippen LogP contribution in [0, 0.1) is 18.6 Å². The molecule has 2 aromatic carbocycles. The van der Waals surface area contributed by atoms with E-state index >= 15 is 0 Å². The van der Waals surface area contributed by atoms with Crippen LogP contribution in [-0.2, 0) is 4.79 Å². The van der Waals surface area contributed by atoms with Gasteiger partial charge in [-0.15, -0.1) is 0 Å². The Morgan fingerprint density at radius 2 is 1.84 bits per heavy atom. The van der Waals surface area contributed by atoms with Crippen LogP contribution in [0.25, 0.3) is 11.3 Å². The van der Waals surface area contributed by atoms with E-state index < -0.39 is 17.8 Å². The summed E-state index contributed by atoms with van der Waals surface area (Å²) in [5.74, 6) is -1.80. The van der Waals surface area contributed by atoms with Crippen molar-refractivity contribution >= 4 is 6.41 Å². The van der Waals surface area contributed by atoms with Gasteiger partial charge in [0.1, 0.15) is 29.2 Å². The summed E-state index contributed by atoms with van der Waals surface area (Å²) < 4.78 is 48.7. The second kappa shape index (κ2) is 10.3. The van der Waals surface area contributed by atoms with Crippen LogP contribution in [0.5, 0.6) is 5.75 Å². The van der Waals surface area contributed by atoms with E-state index in [2.05, 4.69) is 10.3 Å². The van der Waals surface area contributed by atoms with Crippen molar-refractivity contribution in [2.24, 2.45) is 0 Å². The maximum Gasteiger partial charge on any atom is 0.207 e. The molecule has 0 saturated heterocycles. The normalized spacial score (nSPS) is 12.8. The van der Waals surface area contributed by atoms with Gasteiger partial charge in [-0.2, -0.15) is 0 Å². The third kappa shape index (κ3) is 4.93. The van der Waals surface area contributed by atoms with Crippen molar-refractivity contribution in [1.82, 2.24) is 10.3 Å². The molecule has 1 aromatic heterocycles. The van der Waals surface area contributed by atoms with Crippen LogP contribution in [0.1, 0.15) is 48.3 Å². The van der Waals surface area contributed by atoms with Gasteiger partial charge >= 0.3 is 0 Å². The van der Waals surface area contributed by atoms with Crippen LogP contribution < -0.4 is 10.1 Å². The Morgan fingerprint density at radius 3 is 2.47 bits per heavy atom. The second-order valence-corrected chi connectivity index (χ2v) is 7.43. The molecule has 7 heteroatoms. The summed E-state index contributed by atoms with van der Waals surface area (Å²) in [6, 6.07) is 13.1. The Kier molecular flexibility index (Phi) is 7.51. The zero-order chi connectivity index (χ0) is 23.3. The van der Waals surface area contributed by atoms with Crippen molar-refractivity contribution in [1.29, 1.82) is 0 Å². The first kappa shape index (κ1) is 23.3. The van der Waals surface area contributed by atoms with E-state index in [0.29, 0.717) is 36.1 Å². The van der Waals surface area contributed by atoms with Crippen LogP contribution in [0.15, 0.2) is 48.5 Å². The van der Waals surface area contributed by atoms with Gasteiger partial charge in [0, 0.05) is 29.7 Å². The number of pyridine rings is 1. The highest BCUT2D eigenvalue weighted by molar-refractivity contribution is 5.70. The van der Waals surface area contributed by atoms with Crippen LogP contribution in [0.3, 0.4) is 0 Å². The molecule has 1 amide bonds. The third-order valence-corrected chi connectivity index (χ3v) is 5.20. The molecule has 0 spiro atoms. The minimum absolute atomic E-state index is 0.0468. The summed E-state index contributed by atoms with van der Waals surface area (Å²) in [4.78, 5) is 15.6. The van der Waals surface area contributed by atoms with Crippen molar-refractivity contribution in [3.05, 3.63) is 82.5 Å². The molecule has 4 nitrogen and oxygen atoms in total. The van der Waals surface area contributed by atoms with Gasteiger partial charge in [0.25, 0.3) is 0 Å². The quantitative estimate of drug-likeness (QED) is 0.436. The zero-order valence-corrected chi connectivity index (χ0v) is 18.2. The van der Waals surface area contributed by atoms with Crippen molar-refractivity contribution in [2.75, 3.05) is 13.2 Å². The predicted octanol–water partition coefficient (Wildman–Crippen LogP) is 5.64. The number of alkyl halides is 1. The molecular formula is C25H25F3N2O2. The first-order chi connectivity index (χ1) is 15.4. The summed E-state index contributed by atoms with van der Waals surface area (Å²) in [5, 5.41) is 2.68. The number of amides is 1. The lowest BCUT2D eigenvalue weighted by atomic mass is 9.93. The topological polar surface area (TPSA) is 51.2 Å². The maximum atomic E-state index is 14.9. The highest BCUT2D eigenvalue weighted by atomic mass is 19.1. The fourth-order valence-corrected chi connectivity index (χ4v) is 3.67. The van der Waals surface area contributed by atoms with Gasteiger partial charge in [-0.3, -0.25) is 4.79 Å². The maximum absolute atomic E-state index is 14.9. The van der Waals surface area contributed by atoms with Crippen LogP contribution >= 0.6 is 0 Å². The number of carbonyl (C=O) groups excluding carboxylic acids is 1. The predicted molar refractivity (Wildman–Crippen MR) is 117 cm³/mol. The minimum Gasteiger partial charge on any atom is -0.491 e. The Hall–Kier alpha value is -3.35. The van der Waals surface area contributed by atoms with Gasteiger partial charge in [-0.25, -0.2) is 18.2 Å². The van der Waals surface area contributed by atoms with Crippen molar-refractivity contribution in [3.63, 3.8) is 0 Å². The molecular weight excluding hydrogens is 417 g/mol. The van der Waals surface area contributed by atoms with Crippen LogP contribution in [0.2, 0.25) is 0 Å². The van der Waals surface area contributed by atoms with E-state index in [1.165, 1.54) is 6.92 Å². The number of nitrogens with one attached hydrogen (secondary N) is 1. The number of hydrogen-bond donors (Lipinski definition) is 1. The van der Waals surface area contributed by atoms with Crippen LogP contribution in [0.4, 0.5) is 13.2 Å². The minimum atomic E-state index is -1.62. The van der Waals surface area contributed by atoms with Crippen LogP contribution in [-0.4, -0.2) is 24.5 Å². The number of carbonyl (C=O) groups is 1. The SMILES string of the molecule is CCOc1c(C)cc(C(CNC=O)c2ccccc2)nc1-c1cc(C(C)F)c(F)cc1F. The van der Waals surface area contributed by atoms with Gasteiger partial charge in [-0.1, -0.05) is 30.3 Å². The number of aryl methyl sites for hydroxylation is 1. The largest absolute Gasteiger partial charge is 0.491 e. The third-order valence-electron chi connectivity index (χ3n) is 5.20. The number of nitrogens with zero attached hydrogens (tertiary/aromatic N) is 1. The Bertz CT molecular complexity index is 1090. The summed E-state index contributed by atoms with van der Waals surface area (Å²) in [5.41, 5.74) is 2.03. The lowest BCUT2D eigenvalue weighted by molar-refractivity contribution is -0.109. The molecule has 1 heterocycles. The number of aromatic nitrogens is 1. The molecule has 0 bridgehead atoms. The summed E-state index contributed by atoms with van der Waals surface area (Å²) >= 11 is 0. The molecule has 3 aromatic rings. The molecule has 0 aliphatic heterocycles. The van der Waals surface area contributed by atoms with E-state index in [1.54, 1.807) is 13.8 Å². The summed E-state index contributed by atoms with van der Waals surface area (Å²) in [7, 11) is 0. The molecule has 32 heavy (non-hydrogen) atoms.